The Kier molecular flexibility index (Phi) is 5.18. The van der Waals surface area contributed by atoms with Gasteiger partial charge in [0.1, 0.15) is 0 Å². The van der Waals surface area contributed by atoms with E-state index < -0.39 is 5.97 Å². The smallest absolute Gasteiger partial charge is 0.335 e. The van der Waals surface area contributed by atoms with Gasteiger partial charge >= 0.3 is 5.97 Å². The molecule has 0 unspecified atom stereocenters. The number of aromatic carboxylic acids is 1. The highest BCUT2D eigenvalue weighted by atomic mass is 32.2. The van der Waals surface area contributed by atoms with Crippen molar-refractivity contribution >= 4 is 40.6 Å². The number of rotatable bonds is 4. The van der Waals surface area contributed by atoms with Crippen molar-refractivity contribution in [3.05, 3.63) is 58.5 Å². The lowest BCUT2D eigenvalue weighted by Gasteiger charge is -2.07. The van der Waals surface area contributed by atoms with Crippen LogP contribution < -0.4 is 4.74 Å². The van der Waals surface area contributed by atoms with Gasteiger partial charge in [0, 0.05) is 7.05 Å². The molecule has 2 aromatic carbocycles. The van der Waals surface area contributed by atoms with Crippen LogP contribution in [0.25, 0.3) is 6.08 Å². The van der Waals surface area contributed by atoms with Gasteiger partial charge in [-0.25, -0.2) is 9.79 Å². The molecule has 138 valence electrons. The molecule has 1 fully saturated rings. The molecule has 0 spiro atoms. The number of amides is 1. The van der Waals surface area contributed by atoms with Crippen LogP contribution >= 0.6 is 11.8 Å². The highest BCUT2D eigenvalue weighted by Crippen LogP contribution is 2.34. The van der Waals surface area contributed by atoms with E-state index in [1.807, 2.05) is 0 Å². The van der Waals surface area contributed by atoms with Gasteiger partial charge in [-0.05, 0) is 53.7 Å². The van der Waals surface area contributed by atoms with Crippen LogP contribution in [-0.2, 0) is 4.79 Å². The number of nitrogens with zero attached hydrogens (tertiary/aromatic N) is 2. The van der Waals surface area contributed by atoms with Crippen molar-refractivity contribution in [2.75, 3.05) is 14.2 Å². The molecule has 2 aromatic rings. The predicted octanol–water partition coefficient (Wildman–Crippen LogP) is 3.33. The minimum Gasteiger partial charge on any atom is -0.504 e. The van der Waals surface area contributed by atoms with E-state index in [-0.39, 0.29) is 17.2 Å². The van der Waals surface area contributed by atoms with Crippen LogP contribution in [0.1, 0.15) is 15.9 Å². The number of hydrogen-bond acceptors (Lipinski definition) is 6. The Bertz CT molecular complexity index is 984. The van der Waals surface area contributed by atoms with Gasteiger partial charge in [0.15, 0.2) is 16.7 Å². The quantitative estimate of drug-likeness (QED) is 0.785. The molecular formula is C19H16N2O5S. The summed E-state index contributed by atoms with van der Waals surface area (Å²) in [4.78, 5) is 29.8. The number of benzene rings is 2. The number of carboxylic acids is 1. The standard InChI is InChI=1S/C19H16N2O5S/c1-21-17(23)16(9-11-6-7-14(22)15(8-11)26-2)27-19(21)20-13-5-3-4-12(10-13)18(24)25/h3-10,22H,1-2H3,(H,24,25)/b16-9+,20-19?. The van der Waals surface area contributed by atoms with E-state index >= 15 is 0 Å². The normalized spacial score (nSPS) is 17.0. The fraction of sp³-hybridized carbons (Fsp3) is 0.105. The monoisotopic (exact) mass is 384 g/mol. The number of phenolic OH excluding ortho intramolecular Hbond substituents is 1. The SMILES string of the molecule is COc1cc(/C=C2/SC(=Nc3cccc(C(=O)O)c3)N(C)C2=O)ccc1O. The van der Waals surface area contributed by atoms with Gasteiger partial charge in [0.2, 0.25) is 0 Å². The molecule has 1 saturated heterocycles. The molecule has 0 atom stereocenters. The molecule has 27 heavy (non-hydrogen) atoms. The average Bonchev–Trinajstić information content (AvgIpc) is 2.91. The molecule has 7 nitrogen and oxygen atoms in total. The number of likely N-dealkylation sites (N-methyl/N-ethyl adjacent to an activating group) is 1. The summed E-state index contributed by atoms with van der Waals surface area (Å²) in [5.41, 5.74) is 1.27. The number of ether oxygens (including phenoxy) is 1. The minimum atomic E-state index is -1.04. The van der Waals surface area contributed by atoms with Crippen LogP contribution in [-0.4, -0.2) is 46.3 Å². The fourth-order valence-electron chi connectivity index (χ4n) is 2.41. The Morgan fingerprint density at radius 1 is 1.26 bits per heavy atom. The first-order chi connectivity index (χ1) is 12.9. The zero-order valence-electron chi connectivity index (χ0n) is 14.5. The van der Waals surface area contributed by atoms with Gasteiger partial charge in [-0.2, -0.15) is 0 Å². The lowest BCUT2D eigenvalue weighted by Crippen LogP contribution is -2.23. The van der Waals surface area contributed by atoms with E-state index in [2.05, 4.69) is 4.99 Å². The van der Waals surface area contributed by atoms with E-state index in [1.54, 1.807) is 37.4 Å². The maximum atomic E-state index is 12.5. The summed E-state index contributed by atoms with van der Waals surface area (Å²) >= 11 is 1.19. The van der Waals surface area contributed by atoms with Crippen molar-refractivity contribution in [2.45, 2.75) is 0 Å². The van der Waals surface area contributed by atoms with E-state index in [9.17, 15) is 14.7 Å². The molecule has 0 radical (unpaired) electrons. The second-order valence-electron chi connectivity index (χ2n) is 5.66. The van der Waals surface area contributed by atoms with Gasteiger partial charge in [0.25, 0.3) is 5.91 Å². The largest absolute Gasteiger partial charge is 0.504 e. The number of phenols is 1. The van der Waals surface area contributed by atoms with E-state index in [4.69, 9.17) is 9.84 Å². The van der Waals surface area contributed by atoms with Crippen molar-refractivity contribution in [2.24, 2.45) is 4.99 Å². The second-order valence-corrected chi connectivity index (χ2v) is 6.67. The first-order valence-corrected chi connectivity index (χ1v) is 8.67. The van der Waals surface area contributed by atoms with Gasteiger partial charge in [-0.3, -0.25) is 9.69 Å². The third-order valence-corrected chi connectivity index (χ3v) is 4.88. The van der Waals surface area contributed by atoms with Gasteiger partial charge in [-0.1, -0.05) is 12.1 Å². The lowest BCUT2D eigenvalue weighted by molar-refractivity contribution is -0.121. The highest BCUT2D eigenvalue weighted by molar-refractivity contribution is 8.18. The Labute approximate surface area is 159 Å². The molecule has 0 bridgehead atoms. The molecule has 1 aliphatic heterocycles. The van der Waals surface area contributed by atoms with Crippen LogP contribution in [0.2, 0.25) is 0 Å². The predicted molar refractivity (Wildman–Crippen MR) is 103 cm³/mol. The summed E-state index contributed by atoms with van der Waals surface area (Å²) in [5.74, 6) is -0.933. The van der Waals surface area contributed by atoms with E-state index in [0.29, 0.717) is 27.1 Å². The van der Waals surface area contributed by atoms with Crippen LogP contribution in [0.4, 0.5) is 5.69 Å². The molecule has 2 N–H and O–H groups in total. The zero-order chi connectivity index (χ0) is 19.6. The summed E-state index contributed by atoms with van der Waals surface area (Å²) in [5, 5.41) is 19.2. The number of hydrogen-bond donors (Lipinski definition) is 2. The molecule has 0 aliphatic carbocycles. The summed E-state index contributed by atoms with van der Waals surface area (Å²) in [6.07, 6.45) is 1.68. The third kappa shape index (κ3) is 3.95. The number of carbonyl (C=O) groups excluding carboxylic acids is 1. The maximum absolute atomic E-state index is 12.5. The number of carbonyl (C=O) groups is 2. The van der Waals surface area contributed by atoms with Crippen molar-refractivity contribution in [1.82, 2.24) is 4.90 Å². The summed E-state index contributed by atoms with van der Waals surface area (Å²) in [6, 6.07) is 11.0. The fourth-order valence-corrected chi connectivity index (χ4v) is 3.39. The van der Waals surface area contributed by atoms with Crippen molar-refractivity contribution in [1.29, 1.82) is 0 Å². The highest BCUT2D eigenvalue weighted by Gasteiger charge is 2.30. The zero-order valence-corrected chi connectivity index (χ0v) is 15.4. The number of carboxylic acid groups (broad SMARTS) is 1. The average molecular weight is 384 g/mol. The first-order valence-electron chi connectivity index (χ1n) is 7.85. The van der Waals surface area contributed by atoms with Crippen molar-refractivity contribution in [3.8, 4) is 11.5 Å². The van der Waals surface area contributed by atoms with Crippen LogP contribution in [0.3, 0.4) is 0 Å². The molecule has 1 aliphatic rings. The van der Waals surface area contributed by atoms with E-state index in [0.717, 1.165) is 0 Å². The summed E-state index contributed by atoms with van der Waals surface area (Å²) < 4.78 is 5.08. The number of aliphatic imine (C=N–C) groups is 1. The maximum Gasteiger partial charge on any atom is 0.335 e. The molecule has 3 rings (SSSR count). The molecule has 0 saturated carbocycles. The van der Waals surface area contributed by atoms with Crippen LogP contribution in [0, 0.1) is 0 Å². The molecule has 1 amide bonds. The van der Waals surface area contributed by atoms with Crippen molar-refractivity contribution < 1.29 is 24.5 Å². The minimum absolute atomic E-state index is 0.0164. The summed E-state index contributed by atoms with van der Waals surface area (Å²) in [7, 11) is 3.05. The molecule has 0 aromatic heterocycles. The summed E-state index contributed by atoms with van der Waals surface area (Å²) in [6.45, 7) is 0. The Morgan fingerprint density at radius 2 is 2.04 bits per heavy atom. The van der Waals surface area contributed by atoms with E-state index in [1.165, 1.54) is 42.0 Å². The molecule has 8 heteroatoms. The second kappa shape index (κ2) is 7.55. The molecule has 1 heterocycles. The molecular weight excluding hydrogens is 368 g/mol. The number of thioether (sulfide) groups is 1. The Hall–Kier alpha value is -3.26. The van der Waals surface area contributed by atoms with Crippen LogP contribution in [0.15, 0.2) is 52.4 Å². The number of aromatic hydroxyl groups is 1. The topological polar surface area (TPSA) is 99.4 Å². The third-order valence-electron chi connectivity index (χ3n) is 3.82. The Morgan fingerprint density at radius 3 is 2.74 bits per heavy atom. The first kappa shape index (κ1) is 18.5. The number of amidine groups is 1. The van der Waals surface area contributed by atoms with Gasteiger partial charge in [-0.15, -0.1) is 0 Å². The lowest BCUT2D eigenvalue weighted by atomic mass is 10.2. The number of methoxy groups -OCH3 is 1. The Balaban J connectivity index is 1.91. The van der Waals surface area contributed by atoms with Gasteiger partial charge in [0.05, 0.1) is 23.3 Å². The van der Waals surface area contributed by atoms with Gasteiger partial charge < -0.3 is 14.9 Å². The van der Waals surface area contributed by atoms with Crippen LogP contribution in [0.5, 0.6) is 11.5 Å². The van der Waals surface area contributed by atoms with Crippen molar-refractivity contribution in [3.63, 3.8) is 0 Å².